The summed E-state index contributed by atoms with van der Waals surface area (Å²) in [6, 6.07) is 9.45. The predicted octanol–water partition coefficient (Wildman–Crippen LogP) is 3.80. The number of carbonyl (C=O) groups is 1. The van der Waals surface area contributed by atoms with E-state index in [0.717, 1.165) is 29.6 Å². The summed E-state index contributed by atoms with van der Waals surface area (Å²) < 4.78 is 9.01. The van der Waals surface area contributed by atoms with Crippen molar-refractivity contribution in [1.29, 1.82) is 0 Å². The number of methoxy groups -OCH3 is 1. The van der Waals surface area contributed by atoms with Crippen LogP contribution in [0.15, 0.2) is 47.5 Å². The average molecular weight is 381 g/mol. The summed E-state index contributed by atoms with van der Waals surface area (Å²) in [6.07, 6.45) is 4.74. The summed E-state index contributed by atoms with van der Waals surface area (Å²) >= 11 is 0. The lowest BCUT2D eigenvalue weighted by atomic mass is 10.1. The summed E-state index contributed by atoms with van der Waals surface area (Å²) in [6.45, 7) is 7.28. The number of amides is 1. The van der Waals surface area contributed by atoms with Crippen molar-refractivity contribution in [2.24, 2.45) is 5.92 Å². The van der Waals surface area contributed by atoms with Gasteiger partial charge in [0.15, 0.2) is 5.75 Å². The Morgan fingerprint density at radius 3 is 2.71 bits per heavy atom. The van der Waals surface area contributed by atoms with E-state index < -0.39 is 0 Å². The third kappa shape index (κ3) is 4.27. The number of rotatable bonds is 7. The molecule has 0 saturated heterocycles. The number of benzene rings is 1. The standard InChI is InChI=1S/C22H27N3O3/c1-15(2)8-10-24-11-9-17-18(6-5-7-19(17)24)23-22(27)14-25-13-21(28-4)20(26)12-16(25)3/h5-7,9,11-13,15H,8,10,14H2,1-4H3,(H,23,27). The van der Waals surface area contributed by atoms with Crippen molar-refractivity contribution in [2.75, 3.05) is 12.4 Å². The van der Waals surface area contributed by atoms with Gasteiger partial charge in [-0.3, -0.25) is 9.59 Å². The smallest absolute Gasteiger partial charge is 0.244 e. The number of nitrogens with one attached hydrogen (secondary N) is 1. The largest absolute Gasteiger partial charge is 0.491 e. The molecule has 2 heterocycles. The molecule has 1 N–H and O–H groups in total. The zero-order chi connectivity index (χ0) is 20.3. The molecule has 1 amide bonds. The van der Waals surface area contributed by atoms with Crippen molar-refractivity contribution >= 4 is 22.5 Å². The number of carbonyl (C=O) groups excluding carboxylic acids is 1. The van der Waals surface area contributed by atoms with Crippen molar-refractivity contribution in [3.05, 3.63) is 58.6 Å². The molecule has 0 saturated carbocycles. The monoisotopic (exact) mass is 381 g/mol. The Balaban J connectivity index is 1.79. The molecule has 6 heteroatoms. The van der Waals surface area contributed by atoms with Crippen LogP contribution in [0.2, 0.25) is 0 Å². The van der Waals surface area contributed by atoms with E-state index >= 15 is 0 Å². The molecule has 0 fully saturated rings. The molecule has 148 valence electrons. The molecule has 0 aliphatic carbocycles. The number of hydrogen-bond donors (Lipinski definition) is 1. The maximum Gasteiger partial charge on any atom is 0.244 e. The van der Waals surface area contributed by atoms with Crippen LogP contribution < -0.4 is 15.5 Å². The van der Waals surface area contributed by atoms with Crippen LogP contribution >= 0.6 is 0 Å². The molecule has 0 aliphatic rings. The van der Waals surface area contributed by atoms with E-state index in [0.29, 0.717) is 11.6 Å². The minimum absolute atomic E-state index is 0.104. The fourth-order valence-electron chi connectivity index (χ4n) is 3.24. The highest BCUT2D eigenvalue weighted by Gasteiger charge is 2.11. The van der Waals surface area contributed by atoms with Gasteiger partial charge >= 0.3 is 0 Å². The molecule has 1 aromatic carbocycles. The van der Waals surface area contributed by atoms with Crippen molar-refractivity contribution < 1.29 is 9.53 Å². The van der Waals surface area contributed by atoms with Crippen LogP contribution in [0.4, 0.5) is 5.69 Å². The summed E-state index contributed by atoms with van der Waals surface area (Å²) in [5.74, 6) is 0.706. The Labute approximate surface area is 164 Å². The molecule has 6 nitrogen and oxygen atoms in total. The molecule has 0 bridgehead atoms. The van der Waals surface area contributed by atoms with Crippen LogP contribution in [0.3, 0.4) is 0 Å². The van der Waals surface area contributed by atoms with Gasteiger partial charge < -0.3 is 19.2 Å². The first-order valence-corrected chi connectivity index (χ1v) is 9.52. The topological polar surface area (TPSA) is 65.3 Å². The zero-order valence-corrected chi connectivity index (χ0v) is 16.9. The van der Waals surface area contributed by atoms with E-state index in [2.05, 4.69) is 36.0 Å². The Kier molecular flexibility index (Phi) is 5.87. The van der Waals surface area contributed by atoms with E-state index in [1.54, 1.807) is 17.7 Å². The van der Waals surface area contributed by atoms with Crippen LogP contribution in [0.1, 0.15) is 26.0 Å². The number of hydrogen-bond acceptors (Lipinski definition) is 3. The van der Waals surface area contributed by atoms with Crippen LogP contribution in [-0.4, -0.2) is 22.2 Å². The van der Waals surface area contributed by atoms with Gasteiger partial charge in [0.05, 0.1) is 24.5 Å². The highest BCUT2D eigenvalue weighted by Crippen LogP contribution is 2.25. The van der Waals surface area contributed by atoms with Crippen LogP contribution in [0.25, 0.3) is 10.9 Å². The Morgan fingerprint density at radius 1 is 1.21 bits per heavy atom. The Morgan fingerprint density at radius 2 is 2.00 bits per heavy atom. The van der Waals surface area contributed by atoms with Gasteiger partial charge in [-0.2, -0.15) is 0 Å². The molecule has 2 aromatic heterocycles. The summed E-state index contributed by atoms with van der Waals surface area (Å²) in [4.78, 5) is 24.4. The summed E-state index contributed by atoms with van der Waals surface area (Å²) in [7, 11) is 1.45. The highest BCUT2D eigenvalue weighted by molar-refractivity contribution is 6.01. The van der Waals surface area contributed by atoms with E-state index in [9.17, 15) is 9.59 Å². The Hall–Kier alpha value is -3.02. The van der Waals surface area contributed by atoms with Gasteiger partial charge in [0.25, 0.3) is 0 Å². The zero-order valence-electron chi connectivity index (χ0n) is 16.9. The van der Waals surface area contributed by atoms with Crippen LogP contribution in [0, 0.1) is 12.8 Å². The SMILES string of the molecule is COc1cn(CC(=O)Nc2cccc3c2ccn3CCC(C)C)c(C)cc1=O. The van der Waals surface area contributed by atoms with Gasteiger partial charge in [0, 0.05) is 29.9 Å². The lowest BCUT2D eigenvalue weighted by Gasteiger charge is -2.13. The fourth-order valence-corrected chi connectivity index (χ4v) is 3.24. The summed E-state index contributed by atoms with van der Waals surface area (Å²) in [5.41, 5.74) is 2.42. The number of ether oxygens (including phenoxy) is 1. The van der Waals surface area contributed by atoms with Gasteiger partial charge in [-0.1, -0.05) is 19.9 Å². The van der Waals surface area contributed by atoms with Crippen molar-refractivity contribution in [3.8, 4) is 5.75 Å². The molecular weight excluding hydrogens is 354 g/mol. The number of aromatic nitrogens is 2. The second-order valence-electron chi connectivity index (χ2n) is 7.45. The number of fused-ring (bicyclic) bond motifs is 1. The van der Waals surface area contributed by atoms with E-state index in [-0.39, 0.29) is 23.6 Å². The third-order valence-electron chi connectivity index (χ3n) is 4.88. The van der Waals surface area contributed by atoms with Gasteiger partial charge in [0.2, 0.25) is 11.3 Å². The first-order valence-electron chi connectivity index (χ1n) is 9.52. The van der Waals surface area contributed by atoms with Crippen molar-refractivity contribution in [3.63, 3.8) is 0 Å². The lowest BCUT2D eigenvalue weighted by molar-refractivity contribution is -0.116. The van der Waals surface area contributed by atoms with Crippen molar-refractivity contribution in [2.45, 2.75) is 40.3 Å². The van der Waals surface area contributed by atoms with E-state index in [1.165, 1.54) is 13.2 Å². The first kappa shape index (κ1) is 19.7. The highest BCUT2D eigenvalue weighted by atomic mass is 16.5. The van der Waals surface area contributed by atoms with Crippen LogP contribution in [0.5, 0.6) is 5.75 Å². The summed E-state index contributed by atoms with van der Waals surface area (Å²) in [5, 5.41) is 4.02. The van der Waals surface area contributed by atoms with Gasteiger partial charge in [-0.15, -0.1) is 0 Å². The number of nitrogens with zero attached hydrogens (tertiary/aromatic N) is 2. The fraction of sp³-hybridized carbons (Fsp3) is 0.364. The minimum Gasteiger partial charge on any atom is -0.491 e. The molecular formula is C22H27N3O3. The molecule has 3 rings (SSSR count). The lowest BCUT2D eigenvalue weighted by Crippen LogP contribution is -2.22. The minimum atomic E-state index is -0.191. The first-order chi connectivity index (χ1) is 13.4. The molecule has 0 unspecified atom stereocenters. The normalized spacial score (nSPS) is 11.2. The quantitative estimate of drug-likeness (QED) is 0.677. The third-order valence-corrected chi connectivity index (χ3v) is 4.88. The van der Waals surface area contributed by atoms with Crippen LogP contribution in [-0.2, 0) is 17.9 Å². The number of aryl methyl sites for hydroxylation is 2. The molecule has 0 atom stereocenters. The number of pyridine rings is 1. The molecule has 0 aliphatic heterocycles. The van der Waals surface area contributed by atoms with Gasteiger partial charge in [-0.25, -0.2) is 0 Å². The predicted molar refractivity (Wildman–Crippen MR) is 112 cm³/mol. The Bertz CT molecular complexity index is 1050. The average Bonchev–Trinajstić information content (AvgIpc) is 3.06. The molecule has 3 aromatic rings. The molecule has 28 heavy (non-hydrogen) atoms. The van der Waals surface area contributed by atoms with Gasteiger partial charge in [-0.05, 0) is 37.5 Å². The molecule has 0 radical (unpaired) electrons. The second kappa shape index (κ2) is 8.33. The van der Waals surface area contributed by atoms with E-state index in [1.807, 2.05) is 18.2 Å². The second-order valence-corrected chi connectivity index (χ2v) is 7.45. The number of anilines is 1. The van der Waals surface area contributed by atoms with Crippen molar-refractivity contribution in [1.82, 2.24) is 9.13 Å². The van der Waals surface area contributed by atoms with Gasteiger partial charge in [0.1, 0.15) is 6.54 Å². The van der Waals surface area contributed by atoms with E-state index in [4.69, 9.17) is 4.74 Å². The maximum absolute atomic E-state index is 12.6. The maximum atomic E-state index is 12.6. The molecule has 0 spiro atoms.